The van der Waals surface area contributed by atoms with Gasteiger partial charge in [0.05, 0.1) is 17.0 Å². The van der Waals surface area contributed by atoms with Crippen LogP contribution < -0.4 is 5.32 Å². The van der Waals surface area contributed by atoms with Gasteiger partial charge in [-0.15, -0.1) is 36.2 Å². The number of nitrogens with zero attached hydrogens (tertiary/aromatic N) is 2. The number of amides is 1. The third-order valence-electron chi connectivity index (χ3n) is 5.32. The molecule has 2 aromatic rings. The molecule has 2 aromatic heterocycles. The Morgan fingerprint density at radius 1 is 1.31 bits per heavy atom. The zero-order valence-electron chi connectivity index (χ0n) is 14.8. The lowest BCUT2D eigenvalue weighted by molar-refractivity contribution is -0.130. The van der Waals surface area contributed by atoms with E-state index in [2.05, 4.69) is 10.3 Å². The standard InChI is InChI=1S/C18H23N3O2S.2ClH/c1-12-15(20-18(23-12)16-3-2-8-24-16)9-17(22)21-6-4-13-10-19-11-14(13)5-7-21;;/h2-3,8,13-14,19H,4-7,9-11H2,1H3;2*1H/t13-,14+;;. The molecule has 0 aliphatic carbocycles. The quantitative estimate of drug-likeness (QED) is 0.828. The molecule has 2 aliphatic heterocycles. The predicted molar refractivity (Wildman–Crippen MR) is 108 cm³/mol. The number of nitrogens with one attached hydrogen (secondary N) is 1. The zero-order chi connectivity index (χ0) is 16.5. The minimum absolute atomic E-state index is 0. The number of hydrogen-bond acceptors (Lipinski definition) is 5. The van der Waals surface area contributed by atoms with Crippen LogP contribution in [0.15, 0.2) is 21.9 Å². The molecule has 0 aromatic carbocycles. The van der Waals surface area contributed by atoms with Crippen molar-refractivity contribution >= 4 is 42.1 Å². The Morgan fingerprint density at radius 3 is 2.62 bits per heavy atom. The largest absolute Gasteiger partial charge is 0.440 e. The predicted octanol–water partition coefficient (Wildman–Crippen LogP) is 3.56. The lowest BCUT2D eigenvalue weighted by Crippen LogP contribution is -2.34. The number of hydrogen-bond donors (Lipinski definition) is 1. The molecule has 2 aliphatic rings. The van der Waals surface area contributed by atoms with Gasteiger partial charge < -0.3 is 14.6 Å². The van der Waals surface area contributed by atoms with Gasteiger partial charge in [0.1, 0.15) is 5.76 Å². The molecule has 0 unspecified atom stereocenters. The number of halogens is 2. The van der Waals surface area contributed by atoms with Gasteiger partial charge in [0.2, 0.25) is 11.8 Å². The van der Waals surface area contributed by atoms with Crippen LogP contribution in [0.25, 0.3) is 10.8 Å². The summed E-state index contributed by atoms with van der Waals surface area (Å²) in [5.41, 5.74) is 0.773. The normalized spacial score (nSPS) is 22.1. The SMILES string of the molecule is Cc1oc(-c2cccs2)nc1CC(=O)N1CC[C@@H]2CNC[C@@H]2CC1.Cl.Cl. The van der Waals surface area contributed by atoms with Crippen molar-refractivity contribution in [3.05, 3.63) is 29.0 Å². The van der Waals surface area contributed by atoms with Crippen molar-refractivity contribution in [1.29, 1.82) is 0 Å². The van der Waals surface area contributed by atoms with Crippen molar-refractivity contribution in [3.63, 3.8) is 0 Å². The van der Waals surface area contributed by atoms with Crippen LogP contribution in [0.4, 0.5) is 0 Å². The second-order valence-electron chi connectivity index (χ2n) is 6.81. The highest BCUT2D eigenvalue weighted by molar-refractivity contribution is 7.13. The van der Waals surface area contributed by atoms with E-state index in [1.807, 2.05) is 29.3 Å². The van der Waals surface area contributed by atoms with Crippen molar-refractivity contribution in [1.82, 2.24) is 15.2 Å². The summed E-state index contributed by atoms with van der Waals surface area (Å²) >= 11 is 1.60. The molecular formula is C18H25Cl2N3O2S. The smallest absolute Gasteiger partial charge is 0.236 e. The Balaban J connectivity index is 0.00000121. The number of oxazole rings is 1. The molecule has 2 atom stereocenters. The molecule has 0 radical (unpaired) electrons. The molecule has 8 heteroatoms. The van der Waals surface area contributed by atoms with Crippen LogP contribution in [-0.4, -0.2) is 42.0 Å². The number of carbonyl (C=O) groups excluding carboxylic acids is 1. The molecule has 1 N–H and O–H groups in total. The topological polar surface area (TPSA) is 58.4 Å². The van der Waals surface area contributed by atoms with Gasteiger partial charge in [-0.05, 0) is 56.1 Å². The van der Waals surface area contributed by atoms with Crippen molar-refractivity contribution in [2.24, 2.45) is 11.8 Å². The van der Waals surface area contributed by atoms with Crippen LogP contribution in [-0.2, 0) is 11.2 Å². The minimum atomic E-state index is 0. The minimum Gasteiger partial charge on any atom is -0.440 e. The second-order valence-corrected chi connectivity index (χ2v) is 7.76. The summed E-state index contributed by atoms with van der Waals surface area (Å²) in [7, 11) is 0. The maximum Gasteiger partial charge on any atom is 0.236 e. The lowest BCUT2D eigenvalue weighted by Gasteiger charge is -2.20. The number of carbonyl (C=O) groups is 1. The molecule has 2 fully saturated rings. The summed E-state index contributed by atoms with van der Waals surface area (Å²) in [6, 6.07) is 3.97. The first kappa shape index (κ1) is 21.2. The fourth-order valence-corrected chi connectivity index (χ4v) is 4.47. The Hall–Kier alpha value is -1.08. The first-order chi connectivity index (χ1) is 11.7. The summed E-state index contributed by atoms with van der Waals surface area (Å²) in [5.74, 6) is 3.03. The monoisotopic (exact) mass is 417 g/mol. The molecule has 0 bridgehead atoms. The van der Waals surface area contributed by atoms with Gasteiger partial charge in [0.15, 0.2) is 0 Å². The van der Waals surface area contributed by atoms with Gasteiger partial charge in [0.25, 0.3) is 0 Å². The number of rotatable bonds is 3. The van der Waals surface area contributed by atoms with E-state index in [1.54, 1.807) is 11.3 Å². The maximum atomic E-state index is 12.7. The summed E-state index contributed by atoms with van der Waals surface area (Å²) in [6.45, 7) is 5.86. The highest BCUT2D eigenvalue weighted by atomic mass is 35.5. The van der Waals surface area contributed by atoms with Gasteiger partial charge in [-0.3, -0.25) is 4.79 Å². The summed E-state index contributed by atoms with van der Waals surface area (Å²) in [4.78, 5) is 20.3. The van der Waals surface area contributed by atoms with Gasteiger partial charge in [-0.1, -0.05) is 6.07 Å². The molecular weight excluding hydrogens is 393 g/mol. The molecule has 144 valence electrons. The molecule has 1 amide bonds. The summed E-state index contributed by atoms with van der Waals surface area (Å²) < 4.78 is 5.75. The van der Waals surface area contributed by atoms with E-state index in [1.165, 1.54) is 0 Å². The van der Waals surface area contributed by atoms with Crippen molar-refractivity contribution in [2.75, 3.05) is 26.2 Å². The molecule has 5 nitrogen and oxygen atoms in total. The van der Waals surface area contributed by atoms with Gasteiger partial charge in [0, 0.05) is 13.1 Å². The average Bonchev–Trinajstić information content (AvgIpc) is 3.28. The van der Waals surface area contributed by atoms with Crippen LogP contribution in [0.5, 0.6) is 0 Å². The highest BCUT2D eigenvalue weighted by Crippen LogP contribution is 2.28. The summed E-state index contributed by atoms with van der Waals surface area (Å²) in [5, 5.41) is 5.48. The van der Waals surface area contributed by atoms with E-state index in [0.29, 0.717) is 12.3 Å². The molecule has 4 rings (SSSR count). The third-order valence-corrected chi connectivity index (χ3v) is 6.17. The lowest BCUT2D eigenvalue weighted by atomic mass is 9.92. The Kier molecular flexibility index (Phi) is 7.52. The van der Waals surface area contributed by atoms with Gasteiger partial charge in [-0.2, -0.15) is 0 Å². The Labute approximate surface area is 170 Å². The number of aromatic nitrogens is 1. The number of aryl methyl sites for hydroxylation is 1. The molecule has 0 spiro atoms. The molecule has 26 heavy (non-hydrogen) atoms. The van der Waals surface area contributed by atoms with E-state index >= 15 is 0 Å². The first-order valence-corrected chi connectivity index (χ1v) is 9.57. The molecule has 0 saturated carbocycles. The average molecular weight is 418 g/mol. The third kappa shape index (κ3) is 4.42. The van der Waals surface area contributed by atoms with E-state index in [4.69, 9.17) is 4.42 Å². The maximum absolute atomic E-state index is 12.7. The number of likely N-dealkylation sites (tertiary alicyclic amines) is 1. The summed E-state index contributed by atoms with van der Waals surface area (Å²) in [6.07, 6.45) is 2.57. The van der Waals surface area contributed by atoms with Crippen molar-refractivity contribution < 1.29 is 9.21 Å². The van der Waals surface area contributed by atoms with Gasteiger partial charge in [-0.25, -0.2) is 4.98 Å². The van der Waals surface area contributed by atoms with Crippen LogP contribution in [0.1, 0.15) is 24.3 Å². The van der Waals surface area contributed by atoms with Crippen LogP contribution in [0.2, 0.25) is 0 Å². The van der Waals surface area contributed by atoms with Crippen LogP contribution >= 0.6 is 36.2 Å². The van der Waals surface area contributed by atoms with E-state index in [-0.39, 0.29) is 30.7 Å². The second kappa shape index (κ2) is 9.22. The van der Waals surface area contributed by atoms with Crippen molar-refractivity contribution in [3.8, 4) is 10.8 Å². The molecule has 2 saturated heterocycles. The first-order valence-electron chi connectivity index (χ1n) is 8.69. The van der Waals surface area contributed by atoms with E-state index in [0.717, 1.165) is 67.2 Å². The van der Waals surface area contributed by atoms with Crippen molar-refractivity contribution in [2.45, 2.75) is 26.2 Å². The number of thiophene rings is 1. The zero-order valence-corrected chi connectivity index (χ0v) is 17.2. The van der Waals surface area contributed by atoms with Crippen LogP contribution in [0.3, 0.4) is 0 Å². The fraction of sp³-hybridized carbons (Fsp3) is 0.556. The highest BCUT2D eigenvalue weighted by Gasteiger charge is 2.31. The molecule has 4 heterocycles. The van der Waals surface area contributed by atoms with E-state index in [9.17, 15) is 4.79 Å². The van der Waals surface area contributed by atoms with E-state index < -0.39 is 0 Å². The fourth-order valence-electron chi connectivity index (χ4n) is 3.82. The number of fused-ring (bicyclic) bond motifs is 1. The Morgan fingerprint density at radius 2 is 2.00 bits per heavy atom. The van der Waals surface area contributed by atoms with Crippen LogP contribution in [0, 0.1) is 18.8 Å². The Bertz CT molecular complexity index is 706. The van der Waals surface area contributed by atoms with Gasteiger partial charge >= 0.3 is 0 Å².